The molecular formula is C16H29N3O. The highest BCUT2D eigenvalue weighted by Crippen LogP contribution is 2.36. The number of piperazine rings is 1. The van der Waals surface area contributed by atoms with Gasteiger partial charge >= 0.3 is 0 Å². The maximum atomic E-state index is 12.8. The average molecular weight is 279 g/mol. The minimum absolute atomic E-state index is 0.154. The molecule has 20 heavy (non-hydrogen) atoms. The number of carbonyl (C=O) groups is 1. The number of rotatable bonds is 2. The summed E-state index contributed by atoms with van der Waals surface area (Å²) in [6.07, 6.45) is 9.46. The van der Waals surface area contributed by atoms with E-state index < -0.39 is 0 Å². The van der Waals surface area contributed by atoms with Crippen molar-refractivity contribution < 1.29 is 4.79 Å². The number of amides is 1. The Hall–Kier alpha value is -0.610. The average Bonchev–Trinajstić information content (AvgIpc) is 2.92. The molecule has 1 spiro atoms. The Morgan fingerprint density at radius 2 is 2.00 bits per heavy atom. The van der Waals surface area contributed by atoms with Gasteiger partial charge in [0.2, 0.25) is 5.91 Å². The van der Waals surface area contributed by atoms with E-state index in [0.29, 0.717) is 18.4 Å². The molecule has 1 atom stereocenters. The van der Waals surface area contributed by atoms with Gasteiger partial charge in [-0.1, -0.05) is 19.3 Å². The number of hydrogen-bond acceptors (Lipinski definition) is 3. The van der Waals surface area contributed by atoms with Crippen LogP contribution in [0.5, 0.6) is 0 Å². The van der Waals surface area contributed by atoms with E-state index in [1.165, 1.54) is 44.9 Å². The molecule has 0 aromatic carbocycles. The Morgan fingerprint density at radius 1 is 1.20 bits per heavy atom. The summed E-state index contributed by atoms with van der Waals surface area (Å²) in [4.78, 5) is 17.5. The lowest BCUT2D eigenvalue weighted by molar-refractivity contribution is -0.144. The summed E-state index contributed by atoms with van der Waals surface area (Å²) >= 11 is 0. The highest BCUT2D eigenvalue weighted by atomic mass is 16.2. The molecule has 114 valence electrons. The maximum absolute atomic E-state index is 12.8. The van der Waals surface area contributed by atoms with E-state index in [-0.39, 0.29) is 5.54 Å². The summed E-state index contributed by atoms with van der Waals surface area (Å²) in [5, 5.41) is 3.47. The molecule has 0 aromatic rings. The third-order valence-electron chi connectivity index (χ3n) is 5.51. The second-order valence-electron chi connectivity index (χ2n) is 7.07. The quantitative estimate of drug-likeness (QED) is 0.834. The second-order valence-corrected chi connectivity index (χ2v) is 7.07. The Morgan fingerprint density at radius 3 is 2.70 bits per heavy atom. The van der Waals surface area contributed by atoms with Crippen LogP contribution in [0.25, 0.3) is 0 Å². The molecule has 1 unspecified atom stereocenters. The molecule has 2 heterocycles. The van der Waals surface area contributed by atoms with Crippen LogP contribution in [0.2, 0.25) is 0 Å². The van der Waals surface area contributed by atoms with Crippen LogP contribution in [0.4, 0.5) is 0 Å². The monoisotopic (exact) mass is 279 g/mol. The predicted octanol–water partition coefficient (Wildman–Crippen LogP) is 1.61. The van der Waals surface area contributed by atoms with Crippen LogP contribution in [-0.4, -0.2) is 60.5 Å². The van der Waals surface area contributed by atoms with E-state index in [2.05, 4.69) is 22.2 Å². The van der Waals surface area contributed by atoms with Crippen molar-refractivity contribution in [2.75, 3.05) is 33.2 Å². The first-order chi connectivity index (χ1) is 9.70. The van der Waals surface area contributed by atoms with Crippen molar-refractivity contribution in [3.63, 3.8) is 0 Å². The van der Waals surface area contributed by atoms with Gasteiger partial charge in [-0.2, -0.15) is 0 Å². The van der Waals surface area contributed by atoms with E-state index in [1.54, 1.807) is 0 Å². The Balaban J connectivity index is 1.69. The highest BCUT2D eigenvalue weighted by Gasteiger charge is 2.43. The summed E-state index contributed by atoms with van der Waals surface area (Å²) in [5.41, 5.74) is 0.154. The predicted molar refractivity (Wildman–Crippen MR) is 80.7 cm³/mol. The maximum Gasteiger partial charge on any atom is 0.224 e. The lowest BCUT2D eigenvalue weighted by Gasteiger charge is -2.52. The SMILES string of the molecule is CN1CCN(C(=O)CC2CCCN2)C2(CCCCC2)C1. The largest absolute Gasteiger partial charge is 0.334 e. The highest BCUT2D eigenvalue weighted by molar-refractivity contribution is 5.78. The van der Waals surface area contributed by atoms with Crippen LogP contribution in [0, 0.1) is 0 Å². The van der Waals surface area contributed by atoms with E-state index in [0.717, 1.165) is 26.2 Å². The molecule has 3 fully saturated rings. The van der Waals surface area contributed by atoms with E-state index in [4.69, 9.17) is 0 Å². The summed E-state index contributed by atoms with van der Waals surface area (Å²) in [6.45, 7) is 4.14. The molecule has 3 rings (SSSR count). The first kappa shape index (κ1) is 14.3. The van der Waals surface area contributed by atoms with Crippen molar-refractivity contribution in [1.29, 1.82) is 0 Å². The zero-order valence-corrected chi connectivity index (χ0v) is 12.9. The third kappa shape index (κ3) is 2.86. The summed E-state index contributed by atoms with van der Waals surface area (Å²) < 4.78 is 0. The zero-order chi connectivity index (χ0) is 14.0. The van der Waals surface area contributed by atoms with E-state index in [9.17, 15) is 4.79 Å². The van der Waals surface area contributed by atoms with Gasteiger partial charge in [0.15, 0.2) is 0 Å². The second kappa shape index (κ2) is 6.02. The van der Waals surface area contributed by atoms with Crippen molar-refractivity contribution in [1.82, 2.24) is 15.1 Å². The van der Waals surface area contributed by atoms with Crippen LogP contribution in [0.3, 0.4) is 0 Å². The number of carbonyl (C=O) groups excluding carboxylic acids is 1. The van der Waals surface area contributed by atoms with Crippen LogP contribution < -0.4 is 5.32 Å². The number of hydrogen-bond donors (Lipinski definition) is 1. The van der Waals surface area contributed by atoms with Crippen molar-refractivity contribution in [2.45, 2.75) is 62.9 Å². The molecule has 4 nitrogen and oxygen atoms in total. The van der Waals surface area contributed by atoms with Gasteiger partial charge < -0.3 is 15.1 Å². The van der Waals surface area contributed by atoms with Gasteiger partial charge in [0.05, 0.1) is 5.54 Å². The van der Waals surface area contributed by atoms with E-state index in [1.807, 2.05) is 0 Å². The van der Waals surface area contributed by atoms with Gasteiger partial charge in [0.1, 0.15) is 0 Å². The third-order valence-corrected chi connectivity index (χ3v) is 5.51. The van der Waals surface area contributed by atoms with Crippen LogP contribution in [0.1, 0.15) is 51.4 Å². The van der Waals surface area contributed by atoms with Gasteiger partial charge in [-0.25, -0.2) is 0 Å². The van der Waals surface area contributed by atoms with Gasteiger partial charge in [0.25, 0.3) is 0 Å². The van der Waals surface area contributed by atoms with Crippen LogP contribution in [-0.2, 0) is 4.79 Å². The molecule has 1 saturated carbocycles. The van der Waals surface area contributed by atoms with Gasteiger partial charge in [-0.15, -0.1) is 0 Å². The normalized spacial score (nSPS) is 30.9. The molecule has 0 radical (unpaired) electrons. The Bertz CT molecular complexity index is 346. The Labute approximate surface area is 122 Å². The Kier molecular flexibility index (Phi) is 4.32. The molecule has 3 aliphatic rings. The molecule has 0 aromatic heterocycles. The summed E-state index contributed by atoms with van der Waals surface area (Å²) in [7, 11) is 2.21. The fraction of sp³-hybridized carbons (Fsp3) is 0.938. The molecule has 4 heteroatoms. The van der Waals surface area contributed by atoms with Crippen molar-refractivity contribution in [3.8, 4) is 0 Å². The number of nitrogens with zero attached hydrogens (tertiary/aromatic N) is 2. The minimum Gasteiger partial charge on any atom is -0.334 e. The van der Waals surface area contributed by atoms with Gasteiger partial charge in [0, 0.05) is 32.1 Å². The first-order valence-electron chi connectivity index (χ1n) is 8.42. The molecule has 1 N–H and O–H groups in total. The van der Waals surface area contributed by atoms with Crippen LogP contribution in [0.15, 0.2) is 0 Å². The first-order valence-corrected chi connectivity index (χ1v) is 8.42. The van der Waals surface area contributed by atoms with Crippen LogP contribution >= 0.6 is 0 Å². The fourth-order valence-electron chi connectivity index (χ4n) is 4.45. The lowest BCUT2D eigenvalue weighted by Crippen LogP contribution is -2.64. The van der Waals surface area contributed by atoms with Gasteiger partial charge in [-0.05, 0) is 39.3 Å². The minimum atomic E-state index is 0.154. The lowest BCUT2D eigenvalue weighted by atomic mass is 9.78. The standard InChI is InChI=1S/C16H29N3O/c1-18-10-11-19(15(20)12-14-6-5-9-17-14)16(13-18)7-3-2-4-8-16/h14,17H,2-13H2,1H3. The topological polar surface area (TPSA) is 35.6 Å². The molecule has 2 aliphatic heterocycles. The molecule has 1 amide bonds. The summed E-state index contributed by atoms with van der Waals surface area (Å²) in [6, 6.07) is 0.433. The van der Waals surface area contributed by atoms with E-state index >= 15 is 0 Å². The van der Waals surface area contributed by atoms with Crippen molar-refractivity contribution in [3.05, 3.63) is 0 Å². The summed E-state index contributed by atoms with van der Waals surface area (Å²) in [5.74, 6) is 0.402. The van der Waals surface area contributed by atoms with Crippen molar-refractivity contribution in [2.24, 2.45) is 0 Å². The number of nitrogens with one attached hydrogen (secondary N) is 1. The number of likely N-dealkylation sites (N-methyl/N-ethyl adjacent to an activating group) is 1. The zero-order valence-electron chi connectivity index (χ0n) is 12.9. The molecular weight excluding hydrogens is 250 g/mol. The smallest absolute Gasteiger partial charge is 0.224 e. The van der Waals surface area contributed by atoms with Gasteiger partial charge in [-0.3, -0.25) is 4.79 Å². The fourth-order valence-corrected chi connectivity index (χ4v) is 4.45. The van der Waals surface area contributed by atoms with Crippen molar-refractivity contribution >= 4 is 5.91 Å². The molecule has 0 bridgehead atoms. The molecule has 1 aliphatic carbocycles. The molecule has 2 saturated heterocycles.